The molecule has 1 aliphatic rings. The maximum Gasteiger partial charge on any atom is 0.341 e. The number of fused-ring (bicyclic) bond motifs is 1. The summed E-state index contributed by atoms with van der Waals surface area (Å²) in [5, 5.41) is 0.771. The monoisotopic (exact) mass is 390 g/mol. The van der Waals surface area contributed by atoms with Gasteiger partial charge in [-0.05, 0) is 31.6 Å². The molecule has 1 heterocycles. The van der Waals surface area contributed by atoms with Gasteiger partial charge in [-0.25, -0.2) is 17.2 Å². The first kappa shape index (κ1) is 19.2. The third-order valence-corrected chi connectivity index (χ3v) is 7.29. The predicted octanol–water partition coefficient (Wildman–Crippen LogP) is 2.07. The molecular formula is C19H22N2O5S. The second-order valence-corrected chi connectivity index (χ2v) is 8.66. The van der Waals surface area contributed by atoms with Crippen LogP contribution in [0.15, 0.2) is 53.8 Å². The summed E-state index contributed by atoms with van der Waals surface area (Å²) in [6.45, 7) is 1.60. The van der Waals surface area contributed by atoms with Crippen molar-refractivity contribution in [3.8, 4) is 0 Å². The maximum absolute atomic E-state index is 13.8. The Labute approximate surface area is 158 Å². The van der Waals surface area contributed by atoms with Gasteiger partial charge in [-0.1, -0.05) is 24.3 Å². The Kier molecular flexibility index (Phi) is 4.88. The second-order valence-electron chi connectivity index (χ2n) is 6.44. The van der Waals surface area contributed by atoms with E-state index in [1.807, 2.05) is 12.1 Å². The predicted molar refractivity (Wildman–Crippen MR) is 102 cm³/mol. The highest BCUT2D eigenvalue weighted by Crippen LogP contribution is 2.40. The van der Waals surface area contributed by atoms with Gasteiger partial charge >= 0.3 is 5.97 Å². The van der Waals surface area contributed by atoms with Crippen LogP contribution in [-0.4, -0.2) is 37.3 Å². The zero-order valence-electron chi connectivity index (χ0n) is 15.4. The molecule has 1 aromatic carbocycles. The minimum Gasteiger partial charge on any atom is -0.498 e. The molecule has 1 aliphatic carbocycles. The lowest BCUT2D eigenvalue weighted by Gasteiger charge is -2.34. The molecule has 1 unspecified atom stereocenters. The van der Waals surface area contributed by atoms with E-state index in [4.69, 9.17) is 15.2 Å². The first-order valence-electron chi connectivity index (χ1n) is 8.40. The topological polar surface area (TPSA) is 101 Å². The fourth-order valence-electron chi connectivity index (χ4n) is 3.49. The van der Waals surface area contributed by atoms with Crippen LogP contribution in [0.2, 0.25) is 0 Å². The lowest BCUT2D eigenvalue weighted by Crippen LogP contribution is -2.44. The van der Waals surface area contributed by atoms with Crippen LogP contribution in [0.25, 0.3) is 10.9 Å². The highest BCUT2D eigenvalue weighted by molar-refractivity contribution is 7.91. The van der Waals surface area contributed by atoms with Crippen molar-refractivity contribution in [1.82, 2.24) is 3.97 Å². The van der Waals surface area contributed by atoms with Gasteiger partial charge in [-0.2, -0.15) is 0 Å². The van der Waals surface area contributed by atoms with Gasteiger partial charge in [0, 0.05) is 17.6 Å². The first-order chi connectivity index (χ1) is 12.8. The van der Waals surface area contributed by atoms with Crippen LogP contribution in [-0.2, 0) is 30.8 Å². The number of nitrogens with two attached hydrogens (primary N) is 1. The van der Waals surface area contributed by atoms with Gasteiger partial charge in [-0.15, -0.1) is 0 Å². The summed E-state index contributed by atoms with van der Waals surface area (Å²) in [6, 6.07) is 8.92. The SMILES string of the molecule is COC(=O)C1=C(OC)C(C)(S(=O)(=O)n2c(CN)cc3ccccc32)CC=C1. The molecular weight excluding hydrogens is 368 g/mol. The fourth-order valence-corrected chi connectivity index (χ4v) is 5.49. The summed E-state index contributed by atoms with van der Waals surface area (Å²) >= 11 is 0. The number of esters is 1. The number of hydrogen-bond donors (Lipinski definition) is 1. The Balaban J connectivity index is 2.31. The number of ether oxygens (including phenoxy) is 2. The Morgan fingerprint density at radius 1 is 1.30 bits per heavy atom. The second kappa shape index (κ2) is 6.86. The first-order valence-corrected chi connectivity index (χ1v) is 9.84. The van der Waals surface area contributed by atoms with E-state index in [0.29, 0.717) is 11.2 Å². The molecule has 0 radical (unpaired) electrons. The highest BCUT2D eigenvalue weighted by atomic mass is 32.2. The molecule has 0 aliphatic heterocycles. The van der Waals surface area contributed by atoms with Gasteiger partial charge in [-0.3, -0.25) is 0 Å². The van der Waals surface area contributed by atoms with Crippen LogP contribution in [0, 0.1) is 0 Å². The van der Waals surface area contributed by atoms with Gasteiger partial charge in [0.05, 0.1) is 25.3 Å². The molecule has 2 aromatic rings. The summed E-state index contributed by atoms with van der Waals surface area (Å²) in [4.78, 5) is 12.1. The molecule has 7 nitrogen and oxygen atoms in total. The fraction of sp³-hybridized carbons (Fsp3) is 0.316. The zero-order valence-corrected chi connectivity index (χ0v) is 16.2. The average molecular weight is 390 g/mol. The summed E-state index contributed by atoms with van der Waals surface area (Å²) in [7, 11) is -1.44. The van der Waals surface area contributed by atoms with E-state index < -0.39 is 20.7 Å². The number of nitrogens with zero attached hydrogens (tertiary/aromatic N) is 1. The number of rotatable bonds is 5. The number of benzene rings is 1. The molecule has 0 amide bonds. The van der Waals surface area contributed by atoms with Crippen molar-refractivity contribution in [2.75, 3.05) is 14.2 Å². The molecule has 8 heteroatoms. The molecule has 0 bridgehead atoms. The molecule has 144 valence electrons. The quantitative estimate of drug-likeness (QED) is 0.785. The van der Waals surface area contributed by atoms with E-state index in [1.165, 1.54) is 24.3 Å². The van der Waals surface area contributed by atoms with Crippen molar-refractivity contribution in [2.45, 2.75) is 24.6 Å². The minimum absolute atomic E-state index is 0.0513. The van der Waals surface area contributed by atoms with Crippen LogP contribution >= 0.6 is 0 Å². The van der Waals surface area contributed by atoms with E-state index in [2.05, 4.69) is 0 Å². The van der Waals surface area contributed by atoms with Crippen LogP contribution in [0.3, 0.4) is 0 Å². The standard InChI is InChI=1S/C19H22N2O5S/c1-19(10-6-8-15(17(19)25-2)18(22)26-3)27(23,24)21-14(12-20)11-13-7-4-5-9-16(13)21/h4-9,11H,10,12,20H2,1-3H3. The molecule has 0 saturated heterocycles. The largest absolute Gasteiger partial charge is 0.498 e. The van der Waals surface area contributed by atoms with Gasteiger partial charge in [0.15, 0.2) is 0 Å². The van der Waals surface area contributed by atoms with Gasteiger partial charge in [0.1, 0.15) is 10.5 Å². The third-order valence-electron chi connectivity index (χ3n) is 4.88. The van der Waals surface area contributed by atoms with E-state index >= 15 is 0 Å². The van der Waals surface area contributed by atoms with Gasteiger partial charge < -0.3 is 15.2 Å². The van der Waals surface area contributed by atoms with Crippen molar-refractivity contribution in [3.05, 3.63) is 59.5 Å². The molecule has 0 spiro atoms. The lowest BCUT2D eigenvalue weighted by atomic mass is 9.94. The molecule has 2 N–H and O–H groups in total. The number of para-hydroxylation sites is 1. The Hall–Kier alpha value is -2.58. The third kappa shape index (κ3) is 2.76. The molecule has 0 saturated carbocycles. The molecule has 1 aromatic heterocycles. The van der Waals surface area contributed by atoms with Crippen molar-refractivity contribution in [1.29, 1.82) is 0 Å². The number of carbonyl (C=O) groups is 1. The van der Waals surface area contributed by atoms with Crippen LogP contribution < -0.4 is 5.73 Å². The smallest absolute Gasteiger partial charge is 0.341 e. The molecule has 1 atom stereocenters. The lowest BCUT2D eigenvalue weighted by molar-refractivity contribution is -0.136. The van der Waals surface area contributed by atoms with Crippen molar-refractivity contribution in [3.63, 3.8) is 0 Å². The Morgan fingerprint density at radius 3 is 2.63 bits per heavy atom. The number of aromatic nitrogens is 1. The maximum atomic E-state index is 13.8. The van der Waals surface area contributed by atoms with E-state index in [0.717, 1.165) is 5.39 Å². The minimum atomic E-state index is -4.03. The molecule has 3 rings (SSSR count). The number of allylic oxidation sites excluding steroid dienone is 1. The van der Waals surface area contributed by atoms with E-state index in [-0.39, 0.29) is 24.3 Å². The van der Waals surface area contributed by atoms with Gasteiger partial charge in [0.25, 0.3) is 10.0 Å². The van der Waals surface area contributed by atoms with Crippen molar-refractivity contribution in [2.24, 2.45) is 5.73 Å². The van der Waals surface area contributed by atoms with Crippen molar-refractivity contribution < 1.29 is 22.7 Å². The zero-order chi connectivity index (χ0) is 19.8. The number of carbonyl (C=O) groups excluding carboxylic acids is 1. The normalized spacial score (nSPS) is 20.1. The Morgan fingerprint density at radius 2 is 2.00 bits per heavy atom. The average Bonchev–Trinajstić information content (AvgIpc) is 3.06. The summed E-state index contributed by atoms with van der Waals surface area (Å²) in [5.74, 6) is -0.599. The van der Waals surface area contributed by atoms with E-state index in [1.54, 1.807) is 31.2 Å². The van der Waals surface area contributed by atoms with Crippen LogP contribution in [0.4, 0.5) is 0 Å². The van der Waals surface area contributed by atoms with Crippen LogP contribution in [0.5, 0.6) is 0 Å². The summed E-state index contributed by atoms with van der Waals surface area (Å²) in [5.41, 5.74) is 6.91. The number of methoxy groups -OCH3 is 2. The van der Waals surface area contributed by atoms with E-state index in [9.17, 15) is 13.2 Å². The number of hydrogen-bond acceptors (Lipinski definition) is 6. The van der Waals surface area contributed by atoms with Crippen molar-refractivity contribution >= 4 is 26.9 Å². The van der Waals surface area contributed by atoms with Crippen LogP contribution in [0.1, 0.15) is 19.0 Å². The Bertz CT molecular complexity index is 1060. The summed E-state index contributed by atoms with van der Waals surface area (Å²) in [6.07, 6.45) is 3.31. The van der Waals surface area contributed by atoms with Gasteiger partial charge in [0.2, 0.25) is 0 Å². The molecule has 27 heavy (non-hydrogen) atoms. The summed E-state index contributed by atoms with van der Waals surface area (Å²) < 4.78 is 37.6. The highest BCUT2D eigenvalue weighted by Gasteiger charge is 2.49. The molecule has 0 fully saturated rings.